The van der Waals surface area contributed by atoms with Crippen molar-refractivity contribution in [1.29, 1.82) is 0 Å². The van der Waals surface area contributed by atoms with E-state index in [1.54, 1.807) is 6.07 Å². The van der Waals surface area contributed by atoms with E-state index in [1.165, 1.54) is 13.2 Å². The van der Waals surface area contributed by atoms with Gasteiger partial charge in [-0.3, -0.25) is 15.0 Å². The van der Waals surface area contributed by atoms with Gasteiger partial charge in [0.1, 0.15) is 0 Å². The van der Waals surface area contributed by atoms with Crippen LogP contribution in [0.25, 0.3) is 0 Å². The first-order chi connectivity index (χ1) is 11.2. The summed E-state index contributed by atoms with van der Waals surface area (Å²) in [7, 11) is 1.47. The van der Waals surface area contributed by atoms with Gasteiger partial charge in [-0.05, 0) is 18.9 Å². The van der Waals surface area contributed by atoms with E-state index < -0.39 is 4.92 Å². The van der Waals surface area contributed by atoms with Crippen LogP contribution < -0.4 is 9.64 Å². The molecule has 2 saturated heterocycles. The van der Waals surface area contributed by atoms with Crippen LogP contribution in [0.3, 0.4) is 0 Å². The van der Waals surface area contributed by atoms with Crippen molar-refractivity contribution in [3.63, 3.8) is 0 Å². The second-order valence-electron chi connectivity index (χ2n) is 5.98. The molecule has 2 fully saturated rings. The second-order valence-corrected chi connectivity index (χ2v) is 5.98. The van der Waals surface area contributed by atoms with E-state index in [0.717, 1.165) is 57.9 Å². The average Bonchev–Trinajstić information content (AvgIpc) is 2.62. The normalized spacial score (nSPS) is 20.5. The molecule has 2 aliphatic rings. The third kappa shape index (κ3) is 3.56. The number of methoxy groups -OCH3 is 1. The van der Waals surface area contributed by atoms with Crippen LogP contribution in [-0.2, 0) is 4.74 Å². The molecule has 126 valence electrons. The lowest BCUT2D eigenvalue weighted by Crippen LogP contribution is -2.49. The number of morpholine rings is 1. The van der Waals surface area contributed by atoms with Crippen LogP contribution in [0.5, 0.6) is 5.75 Å². The molecule has 0 saturated carbocycles. The number of piperidine rings is 1. The van der Waals surface area contributed by atoms with Crippen molar-refractivity contribution in [2.24, 2.45) is 0 Å². The standard InChI is InChI=1S/C16H23N3O4/c1-22-16-12-14(2-3-15(16)19(20)21)17-6-4-13(5-7-17)18-8-10-23-11-9-18/h2-3,12-13H,4-11H2,1H3. The molecular weight excluding hydrogens is 298 g/mol. The minimum absolute atomic E-state index is 0.0134. The van der Waals surface area contributed by atoms with E-state index in [-0.39, 0.29) is 5.69 Å². The first-order valence-corrected chi connectivity index (χ1v) is 8.08. The Morgan fingerprint density at radius 3 is 2.52 bits per heavy atom. The SMILES string of the molecule is COc1cc(N2CCC(N3CCOCC3)CC2)ccc1[N+](=O)[O-]. The third-order valence-electron chi connectivity index (χ3n) is 4.75. The molecule has 1 aromatic rings. The number of anilines is 1. The summed E-state index contributed by atoms with van der Waals surface area (Å²) in [5.41, 5.74) is 1.01. The summed E-state index contributed by atoms with van der Waals surface area (Å²) in [6, 6.07) is 5.74. The van der Waals surface area contributed by atoms with Crippen molar-refractivity contribution in [3.05, 3.63) is 28.3 Å². The molecule has 0 atom stereocenters. The highest BCUT2D eigenvalue weighted by molar-refractivity contribution is 5.59. The van der Waals surface area contributed by atoms with Crippen molar-refractivity contribution in [2.75, 3.05) is 51.4 Å². The molecule has 1 aromatic carbocycles. The minimum atomic E-state index is -0.409. The lowest BCUT2D eigenvalue weighted by atomic mass is 10.0. The third-order valence-corrected chi connectivity index (χ3v) is 4.75. The van der Waals surface area contributed by atoms with Gasteiger partial charge in [-0.15, -0.1) is 0 Å². The summed E-state index contributed by atoms with van der Waals surface area (Å²) in [5, 5.41) is 11.0. The van der Waals surface area contributed by atoms with Gasteiger partial charge in [0, 0.05) is 50.0 Å². The van der Waals surface area contributed by atoms with Gasteiger partial charge in [0.15, 0.2) is 5.75 Å². The molecule has 7 nitrogen and oxygen atoms in total. The molecule has 0 spiro atoms. The molecular formula is C16H23N3O4. The highest BCUT2D eigenvalue weighted by Crippen LogP contribution is 2.32. The van der Waals surface area contributed by atoms with E-state index in [0.29, 0.717) is 11.8 Å². The number of rotatable bonds is 4. The minimum Gasteiger partial charge on any atom is -0.490 e. The van der Waals surface area contributed by atoms with Gasteiger partial charge in [0.2, 0.25) is 0 Å². The summed E-state index contributed by atoms with van der Waals surface area (Å²) < 4.78 is 10.6. The van der Waals surface area contributed by atoms with Gasteiger partial charge in [-0.25, -0.2) is 0 Å². The van der Waals surface area contributed by atoms with E-state index in [2.05, 4.69) is 9.80 Å². The maximum absolute atomic E-state index is 11.0. The summed E-state index contributed by atoms with van der Waals surface area (Å²) in [5.74, 6) is 0.322. The number of ether oxygens (including phenoxy) is 2. The maximum Gasteiger partial charge on any atom is 0.311 e. The number of nitrogens with zero attached hydrogens (tertiary/aromatic N) is 3. The van der Waals surface area contributed by atoms with Crippen LogP contribution in [0.1, 0.15) is 12.8 Å². The van der Waals surface area contributed by atoms with Gasteiger partial charge in [-0.1, -0.05) is 0 Å². The van der Waals surface area contributed by atoms with Gasteiger partial charge in [0.05, 0.1) is 25.2 Å². The van der Waals surface area contributed by atoms with Crippen LogP contribution in [0.15, 0.2) is 18.2 Å². The van der Waals surface area contributed by atoms with Crippen LogP contribution in [-0.4, -0.2) is 62.4 Å². The van der Waals surface area contributed by atoms with E-state index in [9.17, 15) is 10.1 Å². The van der Waals surface area contributed by atoms with Crippen molar-refractivity contribution in [1.82, 2.24) is 4.90 Å². The Hall–Kier alpha value is -1.86. The van der Waals surface area contributed by atoms with Crippen molar-refractivity contribution in [2.45, 2.75) is 18.9 Å². The topological polar surface area (TPSA) is 68.1 Å². The zero-order valence-corrected chi connectivity index (χ0v) is 13.4. The summed E-state index contributed by atoms with van der Waals surface area (Å²) in [6.07, 6.45) is 2.22. The Balaban J connectivity index is 1.64. The number of nitro benzene ring substituents is 1. The zero-order valence-electron chi connectivity index (χ0n) is 13.4. The fraction of sp³-hybridized carbons (Fsp3) is 0.625. The molecule has 0 unspecified atom stereocenters. The van der Waals surface area contributed by atoms with Crippen molar-refractivity contribution >= 4 is 11.4 Å². The maximum atomic E-state index is 11.0. The van der Waals surface area contributed by atoms with Gasteiger partial charge < -0.3 is 14.4 Å². The molecule has 7 heteroatoms. The van der Waals surface area contributed by atoms with Crippen LogP contribution >= 0.6 is 0 Å². The van der Waals surface area contributed by atoms with E-state index >= 15 is 0 Å². The van der Waals surface area contributed by atoms with Crippen LogP contribution in [0.4, 0.5) is 11.4 Å². The molecule has 3 rings (SSSR count). The highest BCUT2D eigenvalue weighted by atomic mass is 16.6. The molecule has 0 bridgehead atoms. The monoisotopic (exact) mass is 321 g/mol. The predicted octanol–water partition coefficient (Wildman–Crippen LogP) is 1.90. The quantitative estimate of drug-likeness (QED) is 0.623. The van der Waals surface area contributed by atoms with Crippen molar-refractivity contribution in [3.8, 4) is 5.75 Å². The van der Waals surface area contributed by atoms with E-state index in [1.807, 2.05) is 6.07 Å². The summed E-state index contributed by atoms with van der Waals surface area (Å²) in [4.78, 5) is 15.4. The predicted molar refractivity (Wildman–Crippen MR) is 87.3 cm³/mol. The first kappa shape index (κ1) is 16.0. The number of hydrogen-bond donors (Lipinski definition) is 0. The first-order valence-electron chi connectivity index (χ1n) is 8.08. The Morgan fingerprint density at radius 2 is 1.91 bits per heavy atom. The van der Waals surface area contributed by atoms with Gasteiger partial charge in [0.25, 0.3) is 0 Å². The molecule has 0 N–H and O–H groups in total. The number of benzene rings is 1. The fourth-order valence-corrected chi connectivity index (χ4v) is 3.45. The molecule has 0 aromatic heterocycles. The molecule has 2 aliphatic heterocycles. The fourth-order valence-electron chi connectivity index (χ4n) is 3.45. The Bertz CT molecular complexity index is 552. The molecule has 23 heavy (non-hydrogen) atoms. The van der Waals surface area contributed by atoms with Crippen molar-refractivity contribution < 1.29 is 14.4 Å². The zero-order chi connectivity index (χ0) is 16.2. The van der Waals surface area contributed by atoms with Crippen LogP contribution in [0.2, 0.25) is 0 Å². The molecule has 0 aliphatic carbocycles. The number of nitro groups is 1. The summed E-state index contributed by atoms with van der Waals surface area (Å²) >= 11 is 0. The van der Waals surface area contributed by atoms with Gasteiger partial charge >= 0.3 is 5.69 Å². The molecule has 0 radical (unpaired) electrons. The Morgan fingerprint density at radius 1 is 1.22 bits per heavy atom. The van der Waals surface area contributed by atoms with Gasteiger partial charge in [-0.2, -0.15) is 0 Å². The molecule has 0 amide bonds. The highest BCUT2D eigenvalue weighted by Gasteiger charge is 2.26. The Kier molecular flexibility index (Phi) is 4.97. The van der Waals surface area contributed by atoms with Crippen LogP contribution in [0, 0.1) is 10.1 Å². The summed E-state index contributed by atoms with van der Waals surface area (Å²) in [6.45, 7) is 5.64. The van der Waals surface area contributed by atoms with E-state index in [4.69, 9.17) is 9.47 Å². The average molecular weight is 321 g/mol. The second kappa shape index (κ2) is 7.14. The largest absolute Gasteiger partial charge is 0.490 e. The molecule has 2 heterocycles. The lowest BCUT2D eigenvalue weighted by molar-refractivity contribution is -0.385. The number of hydrogen-bond acceptors (Lipinski definition) is 6. The Labute approximate surface area is 135 Å². The smallest absolute Gasteiger partial charge is 0.311 e. The lowest BCUT2D eigenvalue weighted by Gasteiger charge is -2.40.